The van der Waals surface area contributed by atoms with Gasteiger partial charge in [-0.25, -0.2) is 4.79 Å². The third-order valence-corrected chi connectivity index (χ3v) is 4.95. The molecule has 0 radical (unpaired) electrons. The van der Waals surface area contributed by atoms with E-state index >= 15 is 0 Å². The van der Waals surface area contributed by atoms with Crippen molar-refractivity contribution in [3.63, 3.8) is 0 Å². The van der Waals surface area contributed by atoms with Crippen molar-refractivity contribution < 1.29 is 29.3 Å². The summed E-state index contributed by atoms with van der Waals surface area (Å²) in [4.78, 5) is 22.4. The van der Waals surface area contributed by atoms with Crippen molar-refractivity contribution in [2.45, 2.75) is 61.5 Å². The van der Waals surface area contributed by atoms with Crippen molar-refractivity contribution in [1.82, 2.24) is 5.32 Å². The highest BCUT2D eigenvalue weighted by Crippen LogP contribution is 2.49. The molecule has 2 rings (SSSR count). The van der Waals surface area contributed by atoms with E-state index in [0.717, 1.165) is 6.08 Å². The van der Waals surface area contributed by atoms with Crippen LogP contribution in [0.5, 0.6) is 0 Å². The summed E-state index contributed by atoms with van der Waals surface area (Å²) in [6.07, 6.45) is -2.56. The number of alkyl carbamates (subject to hydrolysis) is 1. The van der Waals surface area contributed by atoms with Gasteiger partial charge in [0.2, 0.25) is 0 Å². The molecule has 136 valence electrons. The first-order chi connectivity index (χ1) is 10.8. The average molecular weight is 382 g/mol. The van der Waals surface area contributed by atoms with Crippen LogP contribution in [0, 0.1) is 0 Å². The fourth-order valence-corrected chi connectivity index (χ4v) is 4.13. The Balaban J connectivity index is 2.34. The molecular formula is C15H21Cl2NO6. The number of rotatable bonds is 2. The number of ketones is 1. The molecule has 5 atom stereocenters. The highest BCUT2D eigenvalue weighted by Gasteiger charge is 2.67. The molecule has 1 fully saturated rings. The monoisotopic (exact) mass is 381 g/mol. The van der Waals surface area contributed by atoms with Gasteiger partial charge in [-0.3, -0.25) is 4.79 Å². The topological polar surface area (TPSA) is 105 Å². The number of aliphatic hydroxyl groups excluding tert-OH is 1. The second kappa shape index (κ2) is 6.14. The number of carbonyl (C=O) groups excluding carboxylic acids is 2. The number of nitrogens with one attached hydrogen (secondary N) is 1. The van der Waals surface area contributed by atoms with Crippen molar-refractivity contribution in [2.75, 3.05) is 7.11 Å². The first kappa shape index (κ1) is 19.5. The highest BCUT2D eigenvalue weighted by atomic mass is 35.5. The van der Waals surface area contributed by atoms with Crippen LogP contribution in [0.15, 0.2) is 11.1 Å². The number of allylic oxidation sites excluding steroid dienone is 1. The maximum atomic E-state index is 12.4. The second-order valence-corrected chi connectivity index (χ2v) is 8.13. The third-order valence-electron chi connectivity index (χ3n) is 4.07. The molecule has 2 bridgehead atoms. The Bertz CT molecular complexity index is 589. The van der Waals surface area contributed by atoms with E-state index < -0.39 is 46.2 Å². The molecule has 0 saturated heterocycles. The average Bonchev–Trinajstić information content (AvgIpc) is 2.40. The lowest BCUT2D eigenvalue weighted by Crippen LogP contribution is -2.75. The third kappa shape index (κ3) is 3.15. The van der Waals surface area contributed by atoms with Gasteiger partial charge in [-0.2, -0.15) is 0 Å². The number of hydrogen-bond acceptors (Lipinski definition) is 6. The van der Waals surface area contributed by atoms with Crippen LogP contribution in [0.1, 0.15) is 27.2 Å². The fraction of sp³-hybridized carbons (Fsp3) is 0.733. The maximum Gasteiger partial charge on any atom is 0.407 e. The summed E-state index contributed by atoms with van der Waals surface area (Å²) in [5, 5.41) is 23.6. The standard InChI is InChI=1S/C15H21Cl2NO6/c1-13(2,3)24-12(21)18-8-6-14(22)5-7(16)9(19)15(17,10(8)20)11(14)23-4/h5,8,10-11,20,22H,6H2,1-4H3,(H,18,21)/t8-,10?,11?,14?,15?/m0/s1. The molecule has 1 amide bonds. The molecule has 0 aliphatic heterocycles. The molecule has 0 spiro atoms. The zero-order valence-electron chi connectivity index (χ0n) is 13.8. The van der Waals surface area contributed by atoms with Crippen LogP contribution in [-0.2, 0) is 14.3 Å². The predicted octanol–water partition coefficient (Wildman–Crippen LogP) is 1.07. The van der Waals surface area contributed by atoms with E-state index in [2.05, 4.69) is 5.32 Å². The van der Waals surface area contributed by atoms with E-state index in [1.807, 2.05) is 0 Å². The Morgan fingerprint density at radius 3 is 2.54 bits per heavy atom. The van der Waals surface area contributed by atoms with Gasteiger partial charge in [0.15, 0.2) is 10.7 Å². The number of fused-ring (bicyclic) bond motifs is 2. The van der Waals surface area contributed by atoms with Gasteiger partial charge in [0, 0.05) is 13.5 Å². The molecule has 0 aromatic rings. The highest BCUT2D eigenvalue weighted by molar-refractivity contribution is 6.51. The van der Waals surface area contributed by atoms with Crippen molar-refractivity contribution in [3.8, 4) is 0 Å². The lowest BCUT2D eigenvalue weighted by atomic mass is 9.65. The van der Waals surface area contributed by atoms with Crippen molar-refractivity contribution in [3.05, 3.63) is 11.1 Å². The summed E-state index contributed by atoms with van der Waals surface area (Å²) in [6.45, 7) is 5.05. The van der Waals surface area contributed by atoms with E-state index in [0.29, 0.717) is 0 Å². The minimum Gasteiger partial charge on any atom is -0.444 e. The number of hydrogen-bond donors (Lipinski definition) is 3. The quantitative estimate of drug-likeness (QED) is 0.618. The van der Waals surface area contributed by atoms with Crippen molar-refractivity contribution in [1.29, 1.82) is 0 Å². The Labute approximate surface area is 149 Å². The molecule has 0 aromatic heterocycles. The van der Waals surface area contributed by atoms with Gasteiger partial charge >= 0.3 is 6.09 Å². The first-order valence-corrected chi connectivity index (χ1v) is 8.15. The molecule has 3 N–H and O–H groups in total. The van der Waals surface area contributed by atoms with Crippen LogP contribution in [0.25, 0.3) is 0 Å². The molecule has 9 heteroatoms. The Hall–Kier alpha value is -0.860. The number of ether oxygens (including phenoxy) is 2. The van der Waals surface area contributed by atoms with Gasteiger partial charge in [-0.05, 0) is 26.8 Å². The SMILES string of the molecule is COC1C2(O)C=C(Cl)C(=O)C1(Cl)C(O)[C@@H](NC(=O)OC(C)(C)C)C2. The first-order valence-electron chi connectivity index (χ1n) is 7.40. The summed E-state index contributed by atoms with van der Waals surface area (Å²) in [6, 6.07) is -1.03. The van der Waals surface area contributed by atoms with Gasteiger partial charge in [0.05, 0.1) is 11.1 Å². The van der Waals surface area contributed by atoms with E-state index in [9.17, 15) is 19.8 Å². The number of halogens is 2. The van der Waals surface area contributed by atoms with Crippen molar-refractivity contribution in [2.24, 2.45) is 0 Å². The number of aliphatic hydroxyl groups is 2. The summed E-state index contributed by atoms with van der Waals surface area (Å²) in [5.74, 6) is -0.773. The summed E-state index contributed by atoms with van der Waals surface area (Å²) >= 11 is 12.2. The van der Waals surface area contributed by atoms with Crippen molar-refractivity contribution >= 4 is 35.1 Å². The van der Waals surface area contributed by atoms with Crippen LogP contribution >= 0.6 is 23.2 Å². The van der Waals surface area contributed by atoms with Gasteiger partial charge in [0.1, 0.15) is 23.4 Å². The van der Waals surface area contributed by atoms with Crippen LogP contribution in [0.2, 0.25) is 0 Å². The van der Waals surface area contributed by atoms with E-state index in [1.54, 1.807) is 20.8 Å². The lowest BCUT2D eigenvalue weighted by Gasteiger charge is -2.53. The smallest absolute Gasteiger partial charge is 0.407 e. The number of alkyl halides is 1. The number of carbonyl (C=O) groups is 2. The molecule has 7 nitrogen and oxygen atoms in total. The molecule has 0 aromatic carbocycles. The minimum atomic E-state index is -2.02. The molecule has 24 heavy (non-hydrogen) atoms. The zero-order valence-corrected chi connectivity index (χ0v) is 15.3. The summed E-state index contributed by atoms with van der Waals surface area (Å²) in [5.41, 5.74) is -2.47. The molecular weight excluding hydrogens is 361 g/mol. The molecule has 2 aliphatic rings. The fourth-order valence-electron chi connectivity index (χ4n) is 3.20. The molecule has 2 aliphatic carbocycles. The normalized spacial score (nSPS) is 39.2. The summed E-state index contributed by atoms with van der Waals surface area (Å²) < 4.78 is 10.3. The van der Waals surface area contributed by atoms with Crippen LogP contribution in [0.3, 0.4) is 0 Å². The number of amides is 1. The Morgan fingerprint density at radius 2 is 2.04 bits per heavy atom. The number of Topliss-reactive ketones (excluding diaryl/α,β-unsaturated/α-hetero) is 1. The Morgan fingerprint density at radius 1 is 1.46 bits per heavy atom. The van der Waals surface area contributed by atoms with E-state index in [4.69, 9.17) is 32.7 Å². The predicted molar refractivity (Wildman–Crippen MR) is 87.1 cm³/mol. The van der Waals surface area contributed by atoms with Crippen LogP contribution in [-0.4, -0.2) is 63.5 Å². The Kier molecular flexibility index (Phi) is 4.98. The van der Waals surface area contributed by atoms with Gasteiger partial charge in [-0.1, -0.05) is 11.6 Å². The van der Waals surface area contributed by atoms with Gasteiger partial charge < -0.3 is 25.0 Å². The molecule has 1 saturated carbocycles. The van der Waals surface area contributed by atoms with Gasteiger partial charge in [-0.15, -0.1) is 11.6 Å². The largest absolute Gasteiger partial charge is 0.444 e. The van der Waals surface area contributed by atoms with Gasteiger partial charge in [0.25, 0.3) is 0 Å². The molecule has 0 heterocycles. The van der Waals surface area contributed by atoms with E-state index in [-0.39, 0.29) is 11.5 Å². The van der Waals surface area contributed by atoms with Crippen LogP contribution in [0.4, 0.5) is 4.79 Å². The number of methoxy groups -OCH3 is 1. The molecule has 4 unspecified atom stereocenters. The second-order valence-electron chi connectivity index (χ2n) is 7.10. The van der Waals surface area contributed by atoms with Crippen LogP contribution < -0.4 is 5.32 Å². The lowest BCUT2D eigenvalue weighted by molar-refractivity contribution is -0.164. The maximum absolute atomic E-state index is 12.4. The minimum absolute atomic E-state index is 0.149. The van der Waals surface area contributed by atoms with E-state index in [1.165, 1.54) is 7.11 Å². The summed E-state index contributed by atoms with van der Waals surface area (Å²) in [7, 11) is 1.27. The zero-order chi connectivity index (χ0) is 18.5.